The number of halogens is 1. The van der Waals surface area contributed by atoms with E-state index in [1.54, 1.807) is 29.1 Å². The molecular formula is C22H18ClN5OS. The number of benzene rings is 3. The maximum atomic E-state index is 12.4. The minimum atomic E-state index is -0.334. The van der Waals surface area contributed by atoms with Gasteiger partial charge in [-0.2, -0.15) is 4.80 Å². The number of thiocarbonyl (C=S) groups is 1. The Bertz CT molecular complexity index is 1270. The average molecular weight is 436 g/mol. The Morgan fingerprint density at radius 3 is 2.40 bits per heavy atom. The van der Waals surface area contributed by atoms with Crippen LogP contribution in [0.15, 0.2) is 60.7 Å². The Labute approximate surface area is 183 Å². The Balaban J connectivity index is 1.53. The van der Waals surface area contributed by atoms with Crippen LogP contribution >= 0.6 is 23.8 Å². The van der Waals surface area contributed by atoms with Crippen molar-refractivity contribution in [1.29, 1.82) is 0 Å². The SMILES string of the molecule is Cc1ccc(-n2nc3cc(C)c(NC(=S)NC(=O)c4cccc(Cl)c4)cc3n2)cc1. The summed E-state index contributed by atoms with van der Waals surface area (Å²) < 4.78 is 0. The smallest absolute Gasteiger partial charge is 0.257 e. The van der Waals surface area contributed by atoms with Crippen LogP contribution in [0.25, 0.3) is 16.7 Å². The monoisotopic (exact) mass is 435 g/mol. The quantitative estimate of drug-likeness (QED) is 0.451. The topological polar surface area (TPSA) is 71.8 Å². The van der Waals surface area contributed by atoms with Gasteiger partial charge in [0.25, 0.3) is 5.91 Å². The summed E-state index contributed by atoms with van der Waals surface area (Å²) in [5.41, 5.74) is 5.65. The highest BCUT2D eigenvalue weighted by Crippen LogP contribution is 2.22. The van der Waals surface area contributed by atoms with Crippen LogP contribution in [-0.2, 0) is 0 Å². The Morgan fingerprint density at radius 1 is 1.00 bits per heavy atom. The molecule has 0 aliphatic heterocycles. The standard InChI is InChI=1S/C22H18ClN5OS/c1-13-6-8-17(9-7-13)28-26-19-10-14(2)18(12-20(19)27-28)24-22(30)25-21(29)15-4-3-5-16(23)11-15/h3-12H,1-2H3,(H2,24,25,29,30). The molecule has 3 aromatic carbocycles. The van der Waals surface area contributed by atoms with Gasteiger partial charge in [0.2, 0.25) is 0 Å². The molecule has 0 saturated heterocycles. The lowest BCUT2D eigenvalue weighted by molar-refractivity contribution is 0.0977. The lowest BCUT2D eigenvalue weighted by Gasteiger charge is -2.11. The number of hydrogen-bond donors (Lipinski definition) is 2. The molecule has 0 atom stereocenters. The van der Waals surface area contributed by atoms with Crippen molar-refractivity contribution >= 4 is 51.6 Å². The summed E-state index contributed by atoms with van der Waals surface area (Å²) in [5, 5.41) is 15.5. The zero-order chi connectivity index (χ0) is 21.3. The number of hydrogen-bond acceptors (Lipinski definition) is 4. The van der Waals surface area contributed by atoms with Gasteiger partial charge in [0.15, 0.2) is 5.11 Å². The van der Waals surface area contributed by atoms with Crippen molar-refractivity contribution in [3.8, 4) is 5.69 Å². The van der Waals surface area contributed by atoms with E-state index in [9.17, 15) is 4.79 Å². The van der Waals surface area contributed by atoms with Crippen LogP contribution < -0.4 is 10.6 Å². The van der Waals surface area contributed by atoms with Crippen LogP contribution in [0.2, 0.25) is 5.02 Å². The van der Waals surface area contributed by atoms with Crippen molar-refractivity contribution in [2.45, 2.75) is 13.8 Å². The van der Waals surface area contributed by atoms with Crippen LogP contribution in [0.5, 0.6) is 0 Å². The predicted octanol–water partition coefficient (Wildman–Crippen LogP) is 4.82. The number of carbonyl (C=O) groups excluding carboxylic acids is 1. The lowest BCUT2D eigenvalue weighted by atomic mass is 10.2. The zero-order valence-electron chi connectivity index (χ0n) is 16.3. The fourth-order valence-electron chi connectivity index (χ4n) is 2.95. The Morgan fingerprint density at radius 2 is 1.70 bits per heavy atom. The number of aryl methyl sites for hydroxylation is 2. The lowest BCUT2D eigenvalue weighted by Crippen LogP contribution is -2.34. The average Bonchev–Trinajstić information content (AvgIpc) is 3.11. The van der Waals surface area contributed by atoms with E-state index < -0.39 is 0 Å². The van der Waals surface area contributed by atoms with Gasteiger partial charge in [0.05, 0.1) is 5.69 Å². The summed E-state index contributed by atoms with van der Waals surface area (Å²) in [6.45, 7) is 3.97. The van der Waals surface area contributed by atoms with Crippen LogP contribution in [0.4, 0.5) is 5.69 Å². The molecule has 0 aliphatic rings. The van der Waals surface area contributed by atoms with E-state index in [0.717, 1.165) is 22.5 Å². The minimum Gasteiger partial charge on any atom is -0.332 e. The van der Waals surface area contributed by atoms with E-state index in [-0.39, 0.29) is 11.0 Å². The first-order valence-corrected chi connectivity index (χ1v) is 10.0. The molecule has 4 aromatic rings. The summed E-state index contributed by atoms with van der Waals surface area (Å²) >= 11 is 11.2. The number of aromatic nitrogens is 3. The van der Waals surface area contributed by atoms with Gasteiger partial charge in [-0.05, 0) is 74.1 Å². The summed E-state index contributed by atoms with van der Waals surface area (Å²) in [6.07, 6.45) is 0. The molecule has 0 unspecified atom stereocenters. The second-order valence-electron chi connectivity index (χ2n) is 6.90. The van der Waals surface area contributed by atoms with Gasteiger partial charge < -0.3 is 5.32 Å². The van der Waals surface area contributed by atoms with E-state index in [2.05, 4.69) is 20.8 Å². The number of nitrogens with one attached hydrogen (secondary N) is 2. The summed E-state index contributed by atoms with van der Waals surface area (Å²) in [6, 6.07) is 18.4. The van der Waals surface area contributed by atoms with Gasteiger partial charge in [-0.25, -0.2) is 0 Å². The van der Waals surface area contributed by atoms with Gasteiger partial charge in [-0.1, -0.05) is 35.4 Å². The highest BCUT2D eigenvalue weighted by Gasteiger charge is 2.12. The number of rotatable bonds is 3. The van der Waals surface area contributed by atoms with Gasteiger partial charge in [0, 0.05) is 16.3 Å². The third-order valence-corrected chi connectivity index (χ3v) is 4.99. The molecule has 0 bridgehead atoms. The summed E-state index contributed by atoms with van der Waals surface area (Å²) in [4.78, 5) is 14.0. The normalized spacial score (nSPS) is 10.8. The highest BCUT2D eigenvalue weighted by atomic mass is 35.5. The van der Waals surface area contributed by atoms with Crippen LogP contribution in [0.3, 0.4) is 0 Å². The number of nitrogens with zero attached hydrogens (tertiary/aromatic N) is 3. The highest BCUT2D eigenvalue weighted by molar-refractivity contribution is 7.80. The van der Waals surface area contributed by atoms with Crippen molar-refractivity contribution in [2.75, 3.05) is 5.32 Å². The van der Waals surface area contributed by atoms with E-state index in [1.807, 2.05) is 50.2 Å². The molecule has 6 nitrogen and oxygen atoms in total. The van der Waals surface area contributed by atoms with Crippen molar-refractivity contribution < 1.29 is 4.79 Å². The minimum absolute atomic E-state index is 0.188. The third kappa shape index (κ3) is 4.32. The van der Waals surface area contributed by atoms with Crippen molar-refractivity contribution in [3.63, 3.8) is 0 Å². The molecule has 1 amide bonds. The number of carbonyl (C=O) groups is 1. The molecule has 150 valence electrons. The largest absolute Gasteiger partial charge is 0.332 e. The van der Waals surface area contributed by atoms with Gasteiger partial charge in [-0.3, -0.25) is 10.1 Å². The molecule has 30 heavy (non-hydrogen) atoms. The van der Waals surface area contributed by atoms with E-state index in [0.29, 0.717) is 16.1 Å². The molecular weight excluding hydrogens is 418 g/mol. The van der Waals surface area contributed by atoms with E-state index >= 15 is 0 Å². The maximum Gasteiger partial charge on any atom is 0.257 e. The molecule has 8 heteroatoms. The fraction of sp³-hybridized carbons (Fsp3) is 0.0909. The molecule has 0 radical (unpaired) electrons. The first-order valence-electron chi connectivity index (χ1n) is 9.22. The van der Waals surface area contributed by atoms with Gasteiger partial charge >= 0.3 is 0 Å². The second-order valence-corrected chi connectivity index (χ2v) is 7.74. The number of anilines is 1. The van der Waals surface area contributed by atoms with Gasteiger partial charge in [-0.15, -0.1) is 10.2 Å². The molecule has 0 aliphatic carbocycles. The Hall–Kier alpha value is -3.29. The molecule has 1 heterocycles. The maximum absolute atomic E-state index is 12.4. The van der Waals surface area contributed by atoms with Crippen molar-refractivity contribution in [1.82, 2.24) is 20.3 Å². The molecule has 0 saturated carbocycles. The predicted molar refractivity (Wildman–Crippen MR) is 123 cm³/mol. The Kier molecular flexibility index (Phi) is 5.48. The molecule has 0 fully saturated rings. The second kappa shape index (κ2) is 8.22. The summed E-state index contributed by atoms with van der Waals surface area (Å²) in [7, 11) is 0. The van der Waals surface area contributed by atoms with Crippen molar-refractivity contribution in [2.24, 2.45) is 0 Å². The fourth-order valence-corrected chi connectivity index (χ4v) is 3.35. The zero-order valence-corrected chi connectivity index (χ0v) is 17.9. The van der Waals surface area contributed by atoms with Gasteiger partial charge in [0.1, 0.15) is 11.0 Å². The van der Waals surface area contributed by atoms with Crippen LogP contribution in [0, 0.1) is 13.8 Å². The molecule has 2 N–H and O–H groups in total. The molecule has 1 aromatic heterocycles. The third-order valence-electron chi connectivity index (χ3n) is 4.55. The van der Waals surface area contributed by atoms with Crippen LogP contribution in [0.1, 0.15) is 21.5 Å². The first-order chi connectivity index (χ1) is 14.4. The number of fused-ring (bicyclic) bond motifs is 1. The summed E-state index contributed by atoms with van der Waals surface area (Å²) in [5.74, 6) is -0.334. The first kappa shape index (κ1) is 20.0. The van der Waals surface area contributed by atoms with Crippen LogP contribution in [-0.4, -0.2) is 26.0 Å². The number of amides is 1. The molecule has 0 spiro atoms. The van der Waals surface area contributed by atoms with E-state index in [4.69, 9.17) is 23.8 Å². The molecule has 4 rings (SSSR count). The van der Waals surface area contributed by atoms with Crippen molar-refractivity contribution in [3.05, 3.63) is 82.4 Å². The van der Waals surface area contributed by atoms with E-state index in [1.165, 1.54) is 5.56 Å².